The van der Waals surface area contributed by atoms with Gasteiger partial charge in [0.1, 0.15) is 5.82 Å². The molecule has 5 nitrogen and oxygen atoms in total. The molecule has 0 atom stereocenters. The van der Waals surface area contributed by atoms with Crippen molar-refractivity contribution >= 4 is 21.8 Å². The molecule has 6 heteroatoms. The second-order valence-corrected chi connectivity index (χ2v) is 14.7. The third-order valence-corrected chi connectivity index (χ3v) is 9.01. The van der Waals surface area contributed by atoms with E-state index in [1.54, 1.807) is 0 Å². The minimum Gasteiger partial charge on any atom is -0.509 e. The average molecular weight is 826 g/mol. The summed E-state index contributed by atoms with van der Waals surface area (Å²) in [6, 6.07) is 34.1. The molecule has 0 aliphatic heterocycles. The fourth-order valence-corrected chi connectivity index (χ4v) is 6.87. The summed E-state index contributed by atoms with van der Waals surface area (Å²) in [4.78, 5) is 4.70. The third-order valence-electron chi connectivity index (χ3n) is 9.01. The topological polar surface area (TPSA) is 44.9 Å². The van der Waals surface area contributed by atoms with Gasteiger partial charge in [0, 0.05) is 35.0 Å². The first-order valence-electron chi connectivity index (χ1n) is 16.7. The summed E-state index contributed by atoms with van der Waals surface area (Å²) in [7, 11) is 0. The van der Waals surface area contributed by atoms with Crippen LogP contribution >= 0.6 is 0 Å². The fourth-order valence-electron chi connectivity index (χ4n) is 6.87. The van der Waals surface area contributed by atoms with Crippen molar-refractivity contribution in [2.45, 2.75) is 72.6 Å². The molecule has 0 spiro atoms. The normalized spacial score (nSPS) is 12.0. The molecule has 3 aromatic heterocycles. The number of hydrogen-bond donors (Lipinski definition) is 0. The van der Waals surface area contributed by atoms with Crippen molar-refractivity contribution in [1.82, 2.24) is 19.3 Å². The first-order valence-corrected chi connectivity index (χ1v) is 16.7. The standard InChI is InChI=1S/C43H42N4O.Pt/c1-9-29-17-20-36(42(3,4)5)40(41(29)43(6,7)8)30-26-45-46(27-30)31-13-12-14-32(24-31)48-33-18-19-35-34-15-10-11-16-37(34)47(38(35)25-33)39-23-28(2)21-22-44-39;/h10-23,26-27H,9H2,1-8H3;/q-2;+2. The summed E-state index contributed by atoms with van der Waals surface area (Å²) in [6.45, 7) is 18.1. The number of benzene rings is 4. The van der Waals surface area contributed by atoms with Crippen LogP contribution in [0, 0.1) is 19.1 Å². The van der Waals surface area contributed by atoms with Crippen LogP contribution < -0.4 is 4.74 Å². The summed E-state index contributed by atoms with van der Waals surface area (Å²) in [5.41, 5.74) is 10.4. The molecule has 0 saturated carbocycles. The zero-order valence-electron chi connectivity index (χ0n) is 29.5. The Hall–Kier alpha value is -4.47. The van der Waals surface area contributed by atoms with Crippen molar-refractivity contribution in [2.75, 3.05) is 0 Å². The maximum absolute atomic E-state index is 6.42. The van der Waals surface area contributed by atoms with Gasteiger partial charge in [-0.25, -0.2) is 4.98 Å². The van der Waals surface area contributed by atoms with Crippen LogP contribution in [-0.2, 0) is 38.3 Å². The van der Waals surface area contributed by atoms with Crippen LogP contribution in [0.15, 0.2) is 97.5 Å². The number of rotatable bonds is 6. The summed E-state index contributed by atoms with van der Waals surface area (Å²) in [5, 5.41) is 7.09. The maximum Gasteiger partial charge on any atom is 2.00 e. The van der Waals surface area contributed by atoms with Crippen molar-refractivity contribution < 1.29 is 25.8 Å². The SMILES string of the molecule is CCc1ccc(C(C)(C)C)c(-c2cnn(-c3[c-]c(Oc4[c-]c5c(cc4)c4ccccc4n5-c4cc(C)ccn4)ccc3)c2)c1C(C)(C)C.[Pt+2]. The number of para-hydroxylation sites is 1. The van der Waals surface area contributed by atoms with Crippen LogP contribution in [0.25, 0.3) is 44.4 Å². The smallest absolute Gasteiger partial charge is 0.509 e. The van der Waals surface area contributed by atoms with Gasteiger partial charge in [0.05, 0.1) is 6.20 Å². The maximum atomic E-state index is 6.42. The van der Waals surface area contributed by atoms with Crippen molar-refractivity contribution in [3.8, 4) is 34.1 Å². The Labute approximate surface area is 304 Å². The molecule has 0 radical (unpaired) electrons. The molecule has 7 rings (SSSR count). The van der Waals surface area contributed by atoms with Crippen LogP contribution in [0.1, 0.15) is 70.7 Å². The predicted octanol–water partition coefficient (Wildman–Crippen LogP) is 10.9. The minimum absolute atomic E-state index is 0. The van der Waals surface area contributed by atoms with Crippen molar-refractivity contribution in [2.24, 2.45) is 0 Å². The van der Waals surface area contributed by atoms with Gasteiger partial charge in [-0.2, -0.15) is 17.2 Å². The first-order chi connectivity index (χ1) is 22.9. The molecule has 0 saturated heterocycles. The quantitative estimate of drug-likeness (QED) is 0.157. The van der Waals surface area contributed by atoms with Gasteiger partial charge in [0.15, 0.2) is 0 Å². The Morgan fingerprint density at radius 3 is 2.31 bits per heavy atom. The monoisotopic (exact) mass is 825 g/mol. The number of aromatic nitrogens is 4. The predicted molar refractivity (Wildman–Crippen MR) is 197 cm³/mol. The summed E-state index contributed by atoms with van der Waals surface area (Å²) in [5.74, 6) is 2.05. The molecule has 0 unspecified atom stereocenters. The molecular formula is C43H42N4OPt. The molecule has 0 aliphatic rings. The van der Waals surface area contributed by atoms with E-state index < -0.39 is 0 Å². The zero-order chi connectivity index (χ0) is 33.8. The van der Waals surface area contributed by atoms with Crippen molar-refractivity contribution in [1.29, 1.82) is 0 Å². The number of hydrogen-bond acceptors (Lipinski definition) is 3. The molecule has 3 heterocycles. The Kier molecular flexibility index (Phi) is 9.19. The molecule has 0 N–H and O–H groups in total. The van der Waals surface area contributed by atoms with Crippen LogP contribution in [0.2, 0.25) is 0 Å². The molecule has 0 amide bonds. The van der Waals surface area contributed by atoms with Gasteiger partial charge in [-0.3, -0.25) is 4.68 Å². The van der Waals surface area contributed by atoms with E-state index in [1.807, 2.05) is 47.4 Å². The van der Waals surface area contributed by atoms with E-state index in [2.05, 4.69) is 127 Å². The van der Waals surface area contributed by atoms with E-state index >= 15 is 0 Å². The molecule has 7 aromatic rings. The van der Waals surface area contributed by atoms with Crippen molar-refractivity contribution in [3.63, 3.8) is 0 Å². The Balaban J connectivity index is 0.00000417. The third kappa shape index (κ3) is 6.49. The molecular weight excluding hydrogens is 784 g/mol. The Morgan fingerprint density at radius 1 is 0.796 bits per heavy atom. The first kappa shape index (κ1) is 34.4. The molecule has 49 heavy (non-hydrogen) atoms. The Bertz CT molecular complexity index is 2300. The Morgan fingerprint density at radius 2 is 1.57 bits per heavy atom. The van der Waals surface area contributed by atoms with Crippen LogP contribution in [0.4, 0.5) is 0 Å². The summed E-state index contributed by atoms with van der Waals surface area (Å²) in [6.07, 6.45) is 6.94. The van der Waals surface area contributed by atoms with Gasteiger partial charge in [0.25, 0.3) is 0 Å². The van der Waals surface area contributed by atoms with Gasteiger partial charge >= 0.3 is 21.1 Å². The molecule has 0 aliphatic carbocycles. The van der Waals surface area contributed by atoms with E-state index in [4.69, 9.17) is 14.8 Å². The van der Waals surface area contributed by atoms with E-state index in [9.17, 15) is 0 Å². The van der Waals surface area contributed by atoms with E-state index in [1.165, 1.54) is 22.3 Å². The second kappa shape index (κ2) is 13.1. The van der Waals surface area contributed by atoms with Gasteiger partial charge in [-0.15, -0.1) is 35.7 Å². The second-order valence-electron chi connectivity index (χ2n) is 14.7. The van der Waals surface area contributed by atoms with E-state index in [0.29, 0.717) is 11.5 Å². The minimum atomic E-state index is -0.0255. The number of ether oxygens (including phenoxy) is 1. The van der Waals surface area contributed by atoms with E-state index in [0.717, 1.165) is 50.9 Å². The number of pyridine rings is 1. The van der Waals surface area contributed by atoms with Gasteiger partial charge in [-0.05, 0) is 81.3 Å². The summed E-state index contributed by atoms with van der Waals surface area (Å²) < 4.78 is 10.5. The molecule has 0 fully saturated rings. The number of aryl methyl sites for hydroxylation is 2. The van der Waals surface area contributed by atoms with Crippen LogP contribution in [0.5, 0.6) is 11.5 Å². The molecule has 0 bridgehead atoms. The summed E-state index contributed by atoms with van der Waals surface area (Å²) >= 11 is 0. The molecule has 250 valence electrons. The van der Waals surface area contributed by atoms with Gasteiger partial charge in [-0.1, -0.05) is 84.3 Å². The number of fused-ring (bicyclic) bond motifs is 3. The number of nitrogens with zero attached hydrogens (tertiary/aromatic N) is 4. The average Bonchev–Trinajstić information content (AvgIpc) is 3.67. The van der Waals surface area contributed by atoms with Gasteiger partial charge < -0.3 is 9.30 Å². The fraction of sp³-hybridized carbons (Fsp3) is 0.256. The van der Waals surface area contributed by atoms with Crippen LogP contribution in [-0.4, -0.2) is 19.3 Å². The van der Waals surface area contributed by atoms with Crippen molar-refractivity contribution in [3.05, 3.63) is 132 Å². The van der Waals surface area contributed by atoms with Gasteiger partial charge in [0.2, 0.25) is 0 Å². The largest absolute Gasteiger partial charge is 2.00 e. The molecule has 4 aromatic carbocycles. The van der Waals surface area contributed by atoms with E-state index in [-0.39, 0.29) is 31.9 Å². The van der Waals surface area contributed by atoms with Crippen LogP contribution in [0.3, 0.4) is 0 Å². The zero-order valence-corrected chi connectivity index (χ0v) is 31.7.